The summed E-state index contributed by atoms with van der Waals surface area (Å²) in [6.45, 7) is 5.39. The SMILES string of the molecule is CCN(CC(=O)Nc1ccccc1C(=O)Nc1cccc(C)c1)Cc1ccc(OC)c(OC)c1. The Bertz CT molecular complexity index is 1150. The van der Waals surface area contributed by atoms with E-state index in [9.17, 15) is 9.59 Å². The average molecular weight is 462 g/mol. The number of amides is 2. The van der Waals surface area contributed by atoms with Crippen LogP contribution < -0.4 is 20.1 Å². The van der Waals surface area contributed by atoms with Crippen LogP contribution >= 0.6 is 0 Å². The largest absolute Gasteiger partial charge is 0.493 e. The maximum absolute atomic E-state index is 12.9. The Morgan fingerprint density at radius 3 is 2.35 bits per heavy atom. The number of carbonyl (C=O) groups is 2. The van der Waals surface area contributed by atoms with E-state index >= 15 is 0 Å². The van der Waals surface area contributed by atoms with Crippen LogP contribution in [-0.4, -0.2) is 44.0 Å². The first kappa shape index (κ1) is 24.8. The van der Waals surface area contributed by atoms with Gasteiger partial charge in [-0.2, -0.15) is 0 Å². The van der Waals surface area contributed by atoms with E-state index in [2.05, 4.69) is 10.6 Å². The van der Waals surface area contributed by atoms with Gasteiger partial charge in [0.1, 0.15) is 0 Å². The lowest BCUT2D eigenvalue weighted by Gasteiger charge is -2.21. The van der Waals surface area contributed by atoms with Crippen molar-refractivity contribution in [1.82, 2.24) is 4.90 Å². The molecule has 0 bridgehead atoms. The van der Waals surface area contributed by atoms with E-state index in [0.717, 1.165) is 11.1 Å². The monoisotopic (exact) mass is 461 g/mol. The van der Waals surface area contributed by atoms with E-state index in [1.54, 1.807) is 38.5 Å². The lowest BCUT2D eigenvalue weighted by atomic mass is 10.1. The second-order valence-electron chi connectivity index (χ2n) is 7.91. The molecule has 3 aromatic rings. The molecule has 3 rings (SSSR count). The summed E-state index contributed by atoms with van der Waals surface area (Å²) in [5, 5.41) is 5.79. The minimum Gasteiger partial charge on any atom is -0.493 e. The third-order valence-electron chi connectivity index (χ3n) is 5.39. The van der Waals surface area contributed by atoms with Crippen LogP contribution in [0.3, 0.4) is 0 Å². The second-order valence-corrected chi connectivity index (χ2v) is 7.91. The molecule has 0 aliphatic carbocycles. The van der Waals surface area contributed by atoms with Crippen LogP contribution in [0.15, 0.2) is 66.7 Å². The van der Waals surface area contributed by atoms with E-state index in [4.69, 9.17) is 9.47 Å². The Labute approximate surface area is 200 Å². The number of hydrogen-bond acceptors (Lipinski definition) is 5. The van der Waals surface area contributed by atoms with Crippen LogP contribution in [-0.2, 0) is 11.3 Å². The normalized spacial score (nSPS) is 10.6. The molecule has 34 heavy (non-hydrogen) atoms. The van der Waals surface area contributed by atoms with Crippen molar-refractivity contribution in [2.24, 2.45) is 0 Å². The Balaban J connectivity index is 1.66. The van der Waals surface area contributed by atoms with Crippen molar-refractivity contribution in [2.75, 3.05) is 37.9 Å². The summed E-state index contributed by atoms with van der Waals surface area (Å²) in [6, 6.07) is 20.3. The number of anilines is 2. The van der Waals surface area contributed by atoms with Gasteiger partial charge in [-0.15, -0.1) is 0 Å². The fraction of sp³-hybridized carbons (Fsp3) is 0.259. The van der Waals surface area contributed by atoms with Crippen LogP contribution in [0.1, 0.15) is 28.4 Å². The molecule has 7 heteroatoms. The van der Waals surface area contributed by atoms with Crippen LogP contribution in [0, 0.1) is 6.92 Å². The molecular weight excluding hydrogens is 430 g/mol. The van der Waals surface area contributed by atoms with E-state index in [1.165, 1.54) is 0 Å². The first-order valence-electron chi connectivity index (χ1n) is 11.1. The molecule has 3 aromatic carbocycles. The summed E-state index contributed by atoms with van der Waals surface area (Å²) in [5.74, 6) is 0.832. The van der Waals surface area contributed by atoms with E-state index in [1.807, 2.05) is 61.2 Å². The molecule has 0 atom stereocenters. The van der Waals surface area contributed by atoms with Crippen molar-refractivity contribution in [3.63, 3.8) is 0 Å². The lowest BCUT2D eigenvalue weighted by molar-refractivity contribution is -0.117. The van der Waals surface area contributed by atoms with E-state index in [0.29, 0.717) is 41.5 Å². The van der Waals surface area contributed by atoms with Crippen LogP contribution in [0.2, 0.25) is 0 Å². The maximum atomic E-state index is 12.9. The molecule has 0 saturated carbocycles. The lowest BCUT2D eigenvalue weighted by Crippen LogP contribution is -2.33. The zero-order valence-corrected chi connectivity index (χ0v) is 20.1. The van der Waals surface area contributed by atoms with Gasteiger partial charge in [-0.3, -0.25) is 14.5 Å². The molecule has 0 radical (unpaired) electrons. The third-order valence-corrected chi connectivity index (χ3v) is 5.39. The van der Waals surface area contributed by atoms with Crippen LogP contribution in [0.25, 0.3) is 0 Å². The number of nitrogens with zero attached hydrogens (tertiary/aromatic N) is 1. The highest BCUT2D eigenvalue weighted by Gasteiger charge is 2.16. The predicted molar refractivity (Wildman–Crippen MR) is 135 cm³/mol. The number of carbonyl (C=O) groups excluding carboxylic acids is 2. The summed E-state index contributed by atoms with van der Waals surface area (Å²) in [5.41, 5.74) is 3.64. The number of methoxy groups -OCH3 is 2. The topological polar surface area (TPSA) is 79.9 Å². The van der Waals surface area contributed by atoms with Gasteiger partial charge in [0, 0.05) is 12.2 Å². The standard InChI is InChI=1S/C27H31N3O4/c1-5-30(17-20-13-14-24(33-3)25(16-20)34-4)18-26(31)29-23-12-7-6-11-22(23)27(32)28-21-10-8-9-19(2)15-21/h6-16H,5,17-18H2,1-4H3,(H,28,32)(H,29,31). The summed E-state index contributed by atoms with van der Waals surface area (Å²) < 4.78 is 10.7. The smallest absolute Gasteiger partial charge is 0.257 e. The van der Waals surface area contributed by atoms with Gasteiger partial charge in [-0.05, 0) is 61.0 Å². The van der Waals surface area contributed by atoms with Gasteiger partial charge in [-0.1, -0.05) is 37.3 Å². The Morgan fingerprint density at radius 1 is 0.882 bits per heavy atom. The number of benzene rings is 3. The molecule has 0 heterocycles. The second kappa shape index (κ2) is 11.9. The van der Waals surface area contributed by atoms with Crippen molar-refractivity contribution in [1.29, 1.82) is 0 Å². The minimum absolute atomic E-state index is 0.179. The summed E-state index contributed by atoms with van der Waals surface area (Å²) in [7, 11) is 3.19. The summed E-state index contributed by atoms with van der Waals surface area (Å²) >= 11 is 0. The Kier molecular flexibility index (Phi) is 8.65. The number of hydrogen-bond donors (Lipinski definition) is 2. The van der Waals surface area contributed by atoms with Gasteiger partial charge in [-0.25, -0.2) is 0 Å². The van der Waals surface area contributed by atoms with E-state index < -0.39 is 0 Å². The molecule has 178 valence electrons. The molecule has 0 saturated heterocycles. The minimum atomic E-state index is -0.279. The molecular formula is C27H31N3O4. The van der Waals surface area contributed by atoms with E-state index in [-0.39, 0.29) is 18.4 Å². The predicted octanol–water partition coefficient (Wildman–Crippen LogP) is 4.73. The van der Waals surface area contributed by atoms with Gasteiger partial charge in [0.25, 0.3) is 5.91 Å². The fourth-order valence-corrected chi connectivity index (χ4v) is 3.62. The number of rotatable bonds is 10. The summed E-state index contributed by atoms with van der Waals surface area (Å²) in [4.78, 5) is 27.7. The van der Waals surface area contributed by atoms with Gasteiger partial charge >= 0.3 is 0 Å². The first-order valence-corrected chi connectivity index (χ1v) is 11.1. The number of ether oxygens (including phenoxy) is 2. The number of nitrogens with one attached hydrogen (secondary N) is 2. The molecule has 0 spiro atoms. The molecule has 0 aliphatic heterocycles. The van der Waals surface area contributed by atoms with Gasteiger partial charge < -0.3 is 20.1 Å². The first-order chi connectivity index (χ1) is 16.4. The van der Waals surface area contributed by atoms with Crippen LogP contribution in [0.4, 0.5) is 11.4 Å². The van der Waals surface area contributed by atoms with Crippen LogP contribution in [0.5, 0.6) is 11.5 Å². The Hall–Kier alpha value is -3.84. The Morgan fingerprint density at radius 2 is 1.65 bits per heavy atom. The average Bonchev–Trinajstić information content (AvgIpc) is 2.83. The molecule has 0 aliphatic rings. The van der Waals surface area contributed by atoms with Crippen molar-refractivity contribution < 1.29 is 19.1 Å². The molecule has 0 unspecified atom stereocenters. The van der Waals surface area contributed by atoms with Gasteiger partial charge in [0.05, 0.1) is 32.0 Å². The number of para-hydroxylation sites is 1. The highest BCUT2D eigenvalue weighted by Crippen LogP contribution is 2.28. The third kappa shape index (κ3) is 6.59. The quantitative estimate of drug-likeness (QED) is 0.457. The zero-order chi connectivity index (χ0) is 24.5. The fourth-order valence-electron chi connectivity index (χ4n) is 3.62. The molecule has 7 nitrogen and oxygen atoms in total. The number of likely N-dealkylation sites (N-methyl/N-ethyl adjacent to an activating group) is 1. The zero-order valence-electron chi connectivity index (χ0n) is 20.1. The highest BCUT2D eigenvalue weighted by molar-refractivity contribution is 6.10. The van der Waals surface area contributed by atoms with Crippen molar-refractivity contribution in [3.8, 4) is 11.5 Å². The highest BCUT2D eigenvalue weighted by atomic mass is 16.5. The van der Waals surface area contributed by atoms with Gasteiger partial charge in [0.2, 0.25) is 5.91 Å². The molecule has 2 N–H and O–H groups in total. The molecule has 2 amide bonds. The summed E-state index contributed by atoms with van der Waals surface area (Å²) in [6.07, 6.45) is 0. The van der Waals surface area contributed by atoms with Crippen molar-refractivity contribution >= 4 is 23.2 Å². The van der Waals surface area contributed by atoms with Crippen molar-refractivity contribution in [2.45, 2.75) is 20.4 Å². The molecule has 0 aromatic heterocycles. The molecule has 0 fully saturated rings. The number of aryl methyl sites for hydroxylation is 1. The van der Waals surface area contributed by atoms with Crippen molar-refractivity contribution in [3.05, 3.63) is 83.4 Å². The maximum Gasteiger partial charge on any atom is 0.257 e. The van der Waals surface area contributed by atoms with Gasteiger partial charge in [0.15, 0.2) is 11.5 Å².